The Labute approximate surface area is 130 Å². The van der Waals surface area contributed by atoms with Crippen LogP contribution in [0.1, 0.15) is 11.4 Å². The first-order chi connectivity index (χ1) is 11.1. The zero-order chi connectivity index (χ0) is 16.2. The molecule has 0 bridgehead atoms. The minimum absolute atomic E-state index is 0.141. The SMILES string of the molecule is Cn1nccc1-c1nc(CCc2ccc(OC(F)F)cc2)no1. The number of hydrogen-bond acceptors (Lipinski definition) is 5. The highest BCUT2D eigenvalue weighted by Gasteiger charge is 2.12. The summed E-state index contributed by atoms with van der Waals surface area (Å²) in [5, 5.41) is 7.98. The Morgan fingerprint density at radius 3 is 2.61 bits per heavy atom. The molecule has 0 saturated heterocycles. The maximum atomic E-state index is 12.1. The number of rotatable bonds is 6. The highest BCUT2D eigenvalue weighted by atomic mass is 19.3. The average molecular weight is 320 g/mol. The monoisotopic (exact) mass is 320 g/mol. The molecule has 0 aliphatic rings. The van der Waals surface area contributed by atoms with E-state index in [0.29, 0.717) is 24.6 Å². The molecule has 120 valence electrons. The summed E-state index contributed by atoms with van der Waals surface area (Å²) in [5.41, 5.74) is 1.72. The third-order valence-corrected chi connectivity index (χ3v) is 3.29. The van der Waals surface area contributed by atoms with Crippen LogP contribution >= 0.6 is 0 Å². The average Bonchev–Trinajstić information content (AvgIpc) is 3.14. The minimum atomic E-state index is -2.81. The number of halogens is 2. The van der Waals surface area contributed by atoms with Gasteiger partial charge in [-0.1, -0.05) is 17.3 Å². The summed E-state index contributed by atoms with van der Waals surface area (Å²) in [6, 6.07) is 8.29. The number of hydrogen-bond donors (Lipinski definition) is 0. The molecule has 6 nitrogen and oxygen atoms in total. The number of ether oxygens (including phenoxy) is 1. The van der Waals surface area contributed by atoms with E-state index in [1.54, 1.807) is 36.1 Å². The Morgan fingerprint density at radius 1 is 1.17 bits per heavy atom. The van der Waals surface area contributed by atoms with Crippen LogP contribution < -0.4 is 4.74 Å². The van der Waals surface area contributed by atoms with Crippen molar-refractivity contribution in [2.75, 3.05) is 0 Å². The number of aryl methyl sites for hydroxylation is 3. The Balaban J connectivity index is 1.60. The van der Waals surface area contributed by atoms with Gasteiger partial charge in [0.05, 0.1) is 0 Å². The highest BCUT2D eigenvalue weighted by molar-refractivity contribution is 5.45. The van der Waals surface area contributed by atoms with Crippen LogP contribution in [0.5, 0.6) is 5.75 Å². The predicted molar refractivity (Wildman–Crippen MR) is 77.0 cm³/mol. The molecule has 0 amide bonds. The van der Waals surface area contributed by atoms with Gasteiger partial charge in [-0.3, -0.25) is 4.68 Å². The van der Waals surface area contributed by atoms with Crippen LogP contribution in [0.25, 0.3) is 11.6 Å². The standard InChI is InChI=1S/C15H14F2N4O2/c1-21-12(8-9-18-21)14-19-13(20-23-14)7-4-10-2-5-11(6-3-10)22-15(16)17/h2-3,5-6,8-9,15H,4,7H2,1H3. The zero-order valence-corrected chi connectivity index (χ0v) is 12.3. The topological polar surface area (TPSA) is 66.0 Å². The summed E-state index contributed by atoms with van der Waals surface area (Å²) in [4.78, 5) is 4.32. The van der Waals surface area contributed by atoms with Gasteiger partial charge in [-0.2, -0.15) is 18.9 Å². The van der Waals surface area contributed by atoms with Gasteiger partial charge in [0.2, 0.25) is 0 Å². The zero-order valence-electron chi connectivity index (χ0n) is 12.3. The maximum absolute atomic E-state index is 12.1. The van der Waals surface area contributed by atoms with Gasteiger partial charge in [-0.15, -0.1) is 0 Å². The van der Waals surface area contributed by atoms with Crippen molar-refractivity contribution in [2.24, 2.45) is 7.05 Å². The minimum Gasteiger partial charge on any atom is -0.435 e. The van der Waals surface area contributed by atoms with Crippen LogP contribution in [0.15, 0.2) is 41.1 Å². The van der Waals surface area contributed by atoms with Crippen LogP contribution in [0.4, 0.5) is 8.78 Å². The van der Waals surface area contributed by atoms with Gasteiger partial charge < -0.3 is 9.26 Å². The van der Waals surface area contributed by atoms with E-state index in [1.165, 1.54) is 12.1 Å². The van der Waals surface area contributed by atoms with Gasteiger partial charge in [0, 0.05) is 19.7 Å². The summed E-state index contributed by atoms with van der Waals surface area (Å²) in [6.07, 6.45) is 2.90. The third-order valence-electron chi connectivity index (χ3n) is 3.29. The molecule has 0 atom stereocenters. The van der Waals surface area contributed by atoms with Gasteiger partial charge in [0.25, 0.3) is 5.89 Å². The molecule has 0 aliphatic carbocycles. The lowest BCUT2D eigenvalue weighted by Gasteiger charge is -2.05. The number of nitrogens with zero attached hydrogens (tertiary/aromatic N) is 4. The molecular formula is C15H14F2N4O2. The third kappa shape index (κ3) is 3.71. The molecule has 0 radical (unpaired) electrons. The molecule has 0 spiro atoms. The van der Waals surface area contributed by atoms with Crippen molar-refractivity contribution in [3.8, 4) is 17.3 Å². The van der Waals surface area contributed by atoms with Crippen molar-refractivity contribution < 1.29 is 18.0 Å². The summed E-state index contributed by atoms with van der Waals surface area (Å²) in [6.45, 7) is -2.81. The second-order valence-electron chi connectivity index (χ2n) is 4.88. The van der Waals surface area contributed by atoms with Crippen LogP contribution in [-0.2, 0) is 19.9 Å². The van der Waals surface area contributed by atoms with Crippen LogP contribution in [0.3, 0.4) is 0 Å². The van der Waals surface area contributed by atoms with E-state index in [4.69, 9.17) is 4.52 Å². The first kappa shape index (κ1) is 15.1. The van der Waals surface area contributed by atoms with E-state index in [0.717, 1.165) is 11.3 Å². The number of aromatic nitrogens is 4. The fraction of sp³-hybridized carbons (Fsp3) is 0.267. The van der Waals surface area contributed by atoms with Crippen LogP contribution in [0, 0.1) is 0 Å². The lowest BCUT2D eigenvalue weighted by Crippen LogP contribution is -2.01. The van der Waals surface area contributed by atoms with E-state index in [9.17, 15) is 8.78 Å². The van der Waals surface area contributed by atoms with Crippen molar-refractivity contribution in [3.63, 3.8) is 0 Å². The molecule has 8 heteroatoms. The van der Waals surface area contributed by atoms with Gasteiger partial charge in [0.15, 0.2) is 5.82 Å². The normalized spacial score (nSPS) is 11.1. The van der Waals surface area contributed by atoms with Crippen LogP contribution in [-0.4, -0.2) is 26.5 Å². The Hall–Kier alpha value is -2.77. The first-order valence-electron chi connectivity index (χ1n) is 6.96. The molecule has 0 saturated carbocycles. The van der Waals surface area contributed by atoms with Crippen molar-refractivity contribution in [1.82, 2.24) is 19.9 Å². The van der Waals surface area contributed by atoms with Gasteiger partial charge in [-0.05, 0) is 30.2 Å². The number of benzene rings is 1. The maximum Gasteiger partial charge on any atom is 0.387 e. The summed E-state index contributed by atoms with van der Waals surface area (Å²) in [7, 11) is 1.79. The number of alkyl halides is 2. The van der Waals surface area contributed by atoms with E-state index in [1.807, 2.05) is 0 Å². The van der Waals surface area contributed by atoms with E-state index < -0.39 is 6.61 Å². The Kier molecular flexibility index (Phi) is 4.31. The van der Waals surface area contributed by atoms with E-state index >= 15 is 0 Å². The summed E-state index contributed by atoms with van der Waals surface area (Å²) in [5.74, 6) is 1.14. The van der Waals surface area contributed by atoms with Crippen molar-refractivity contribution in [3.05, 3.63) is 47.9 Å². The van der Waals surface area contributed by atoms with Gasteiger partial charge in [0.1, 0.15) is 11.4 Å². The second kappa shape index (κ2) is 6.55. The van der Waals surface area contributed by atoms with Crippen molar-refractivity contribution in [1.29, 1.82) is 0 Å². The van der Waals surface area contributed by atoms with E-state index in [-0.39, 0.29) is 5.75 Å². The van der Waals surface area contributed by atoms with Crippen molar-refractivity contribution >= 4 is 0 Å². The van der Waals surface area contributed by atoms with Gasteiger partial charge >= 0.3 is 6.61 Å². The lowest BCUT2D eigenvalue weighted by atomic mass is 10.1. The molecule has 0 N–H and O–H groups in total. The summed E-state index contributed by atoms with van der Waals surface area (Å²) < 4.78 is 35.3. The highest BCUT2D eigenvalue weighted by Crippen LogP contribution is 2.18. The molecule has 3 aromatic rings. The van der Waals surface area contributed by atoms with Gasteiger partial charge in [-0.25, -0.2) is 0 Å². The predicted octanol–water partition coefficient (Wildman–Crippen LogP) is 2.86. The van der Waals surface area contributed by atoms with Crippen molar-refractivity contribution in [2.45, 2.75) is 19.5 Å². The fourth-order valence-electron chi connectivity index (χ4n) is 2.14. The Morgan fingerprint density at radius 2 is 1.96 bits per heavy atom. The molecule has 23 heavy (non-hydrogen) atoms. The second-order valence-corrected chi connectivity index (χ2v) is 4.88. The lowest BCUT2D eigenvalue weighted by molar-refractivity contribution is -0.0498. The van der Waals surface area contributed by atoms with Crippen LogP contribution in [0.2, 0.25) is 0 Å². The molecule has 0 fully saturated rings. The molecule has 0 aliphatic heterocycles. The quantitative estimate of drug-likeness (QED) is 0.699. The first-order valence-corrected chi connectivity index (χ1v) is 6.96. The summed E-state index contributed by atoms with van der Waals surface area (Å²) >= 11 is 0. The largest absolute Gasteiger partial charge is 0.435 e. The molecular weight excluding hydrogens is 306 g/mol. The van der Waals surface area contributed by atoms with E-state index in [2.05, 4.69) is 20.0 Å². The molecule has 3 rings (SSSR count). The molecule has 2 heterocycles. The fourth-order valence-corrected chi connectivity index (χ4v) is 2.14. The smallest absolute Gasteiger partial charge is 0.387 e. The Bertz CT molecular complexity index is 768. The molecule has 0 unspecified atom stereocenters. The molecule has 1 aromatic carbocycles. The molecule has 2 aromatic heterocycles.